The van der Waals surface area contributed by atoms with Gasteiger partial charge in [-0.25, -0.2) is 12.7 Å². The molecule has 1 rings (SSSR count). The predicted octanol–water partition coefficient (Wildman–Crippen LogP) is 1.58. The highest BCUT2D eigenvalue weighted by Crippen LogP contribution is 2.12. The molecule has 1 fully saturated rings. The zero-order chi connectivity index (χ0) is 12.7. The van der Waals surface area contributed by atoms with Crippen molar-refractivity contribution in [3.63, 3.8) is 0 Å². The summed E-state index contributed by atoms with van der Waals surface area (Å²) in [5.74, 6) is 0.268. The minimum Gasteiger partial charge on any atom is -0.313 e. The van der Waals surface area contributed by atoms with Crippen molar-refractivity contribution in [3.05, 3.63) is 0 Å². The van der Waals surface area contributed by atoms with Gasteiger partial charge in [-0.15, -0.1) is 0 Å². The Bertz CT molecular complexity index is 298. The van der Waals surface area contributed by atoms with Crippen LogP contribution in [0.3, 0.4) is 0 Å². The molecule has 0 aromatic heterocycles. The van der Waals surface area contributed by atoms with Crippen LogP contribution in [0.15, 0.2) is 0 Å². The molecular weight excluding hydrogens is 236 g/mol. The van der Waals surface area contributed by atoms with Gasteiger partial charge in [0.1, 0.15) is 0 Å². The SMILES string of the molecule is CCCCN(CC)S(=O)(=O)CC1CCCCN1. The van der Waals surface area contributed by atoms with Gasteiger partial charge in [-0.2, -0.15) is 0 Å². The lowest BCUT2D eigenvalue weighted by atomic mass is 10.1. The van der Waals surface area contributed by atoms with E-state index in [-0.39, 0.29) is 11.8 Å². The van der Waals surface area contributed by atoms with Crippen LogP contribution in [0.25, 0.3) is 0 Å². The molecule has 5 heteroatoms. The first-order chi connectivity index (χ1) is 8.10. The van der Waals surface area contributed by atoms with Crippen molar-refractivity contribution in [3.8, 4) is 0 Å². The van der Waals surface area contributed by atoms with Crippen molar-refractivity contribution in [1.29, 1.82) is 0 Å². The van der Waals surface area contributed by atoms with Crippen LogP contribution in [-0.2, 0) is 10.0 Å². The monoisotopic (exact) mass is 262 g/mol. The third kappa shape index (κ3) is 4.94. The van der Waals surface area contributed by atoms with Crippen LogP contribution in [0.1, 0.15) is 46.0 Å². The third-order valence-electron chi connectivity index (χ3n) is 3.33. The summed E-state index contributed by atoms with van der Waals surface area (Å²) in [4.78, 5) is 0. The second-order valence-electron chi connectivity index (χ2n) is 4.77. The fraction of sp³-hybridized carbons (Fsp3) is 1.00. The summed E-state index contributed by atoms with van der Waals surface area (Å²) in [7, 11) is -3.07. The molecule has 0 saturated carbocycles. The van der Waals surface area contributed by atoms with Crippen molar-refractivity contribution in [2.75, 3.05) is 25.4 Å². The van der Waals surface area contributed by atoms with Crippen LogP contribution in [0.4, 0.5) is 0 Å². The lowest BCUT2D eigenvalue weighted by Crippen LogP contribution is -2.44. The Kier molecular flexibility index (Phi) is 6.44. The van der Waals surface area contributed by atoms with Gasteiger partial charge in [0.2, 0.25) is 10.0 Å². The van der Waals surface area contributed by atoms with Crippen LogP contribution in [0, 0.1) is 0 Å². The molecule has 102 valence electrons. The number of nitrogens with one attached hydrogen (secondary N) is 1. The predicted molar refractivity (Wildman–Crippen MR) is 71.6 cm³/mol. The molecule has 1 aliphatic rings. The van der Waals surface area contributed by atoms with E-state index in [9.17, 15) is 8.42 Å². The number of sulfonamides is 1. The van der Waals surface area contributed by atoms with Crippen LogP contribution in [0.5, 0.6) is 0 Å². The number of unbranched alkanes of at least 4 members (excludes halogenated alkanes) is 1. The summed E-state index contributed by atoms with van der Waals surface area (Å²) in [5, 5.41) is 3.30. The lowest BCUT2D eigenvalue weighted by molar-refractivity contribution is 0.392. The maximum absolute atomic E-state index is 12.2. The fourth-order valence-electron chi connectivity index (χ4n) is 2.25. The van der Waals surface area contributed by atoms with E-state index in [1.54, 1.807) is 4.31 Å². The van der Waals surface area contributed by atoms with Gasteiger partial charge in [-0.05, 0) is 25.8 Å². The zero-order valence-electron chi connectivity index (χ0n) is 11.1. The van der Waals surface area contributed by atoms with E-state index in [0.29, 0.717) is 13.1 Å². The Hall–Kier alpha value is -0.130. The molecular formula is C12H26N2O2S. The maximum atomic E-state index is 12.2. The molecule has 0 amide bonds. The average Bonchev–Trinajstić information content (AvgIpc) is 2.30. The fourth-order valence-corrected chi connectivity index (χ4v) is 4.06. The molecule has 0 aromatic carbocycles. The first-order valence-corrected chi connectivity index (χ1v) is 8.42. The van der Waals surface area contributed by atoms with Gasteiger partial charge >= 0.3 is 0 Å². The molecule has 17 heavy (non-hydrogen) atoms. The Balaban J connectivity index is 2.51. The highest BCUT2D eigenvalue weighted by molar-refractivity contribution is 7.89. The molecule has 0 radical (unpaired) electrons. The smallest absolute Gasteiger partial charge is 0.215 e. The molecule has 1 heterocycles. The summed E-state index contributed by atoms with van der Waals surface area (Å²) >= 11 is 0. The second-order valence-corrected chi connectivity index (χ2v) is 6.78. The zero-order valence-corrected chi connectivity index (χ0v) is 11.9. The molecule has 1 unspecified atom stereocenters. The molecule has 0 bridgehead atoms. The quantitative estimate of drug-likeness (QED) is 0.758. The molecule has 1 aliphatic heterocycles. The van der Waals surface area contributed by atoms with Crippen molar-refractivity contribution in [2.24, 2.45) is 0 Å². The van der Waals surface area contributed by atoms with E-state index in [0.717, 1.165) is 32.2 Å². The molecule has 1 N–H and O–H groups in total. The molecule has 0 spiro atoms. The first kappa shape index (κ1) is 14.9. The number of hydrogen-bond acceptors (Lipinski definition) is 3. The van der Waals surface area contributed by atoms with Crippen molar-refractivity contribution >= 4 is 10.0 Å². The van der Waals surface area contributed by atoms with Crippen LogP contribution in [0.2, 0.25) is 0 Å². The molecule has 4 nitrogen and oxygen atoms in total. The van der Waals surface area contributed by atoms with E-state index < -0.39 is 10.0 Å². The summed E-state index contributed by atoms with van der Waals surface area (Å²) in [6, 6.07) is 0.157. The molecule has 0 aliphatic carbocycles. The Morgan fingerprint density at radius 1 is 1.29 bits per heavy atom. The summed E-state index contributed by atoms with van der Waals surface area (Å²) in [6.07, 6.45) is 5.29. The van der Waals surface area contributed by atoms with E-state index in [4.69, 9.17) is 0 Å². The highest BCUT2D eigenvalue weighted by Gasteiger charge is 2.25. The van der Waals surface area contributed by atoms with Crippen LogP contribution < -0.4 is 5.32 Å². The van der Waals surface area contributed by atoms with Gasteiger partial charge in [0, 0.05) is 19.1 Å². The summed E-state index contributed by atoms with van der Waals surface area (Å²) in [6.45, 7) is 6.23. The normalized spacial score (nSPS) is 21.9. The van der Waals surface area contributed by atoms with E-state index in [2.05, 4.69) is 12.2 Å². The minimum atomic E-state index is -3.07. The van der Waals surface area contributed by atoms with Gasteiger partial charge in [-0.1, -0.05) is 26.7 Å². The molecule has 0 aromatic rings. The van der Waals surface area contributed by atoms with E-state index in [1.165, 1.54) is 6.42 Å². The van der Waals surface area contributed by atoms with Gasteiger partial charge < -0.3 is 5.32 Å². The third-order valence-corrected chi connectivity index (χ3v) is 5.38. The number of hydrogen-bond donors (Lipinski definition) is 1. The second kappa shape index (κ2) is 7.34. The number of rotatable bonds is 7. The number of nitrogens with zero attached hydrogens (tertiary/aromatic N) is 1. The van der Waals surface area contributed by atoms with Gasteiger partial charge in [-0.3, -0.25) is 0 Å². The van der Waals surface area contributed by atoms with Crippen molar-refractivity contribution in [2.45, 2.75) is 52.0 Å². The lowest BCUT2D eigenvalue weighted by Gasteiger charge is -2.27. The van der Waals surface area contributed by atoms with Crippen LogP contribution in [-0.4, -0.2) is 44.2 Å². The topological polar surface area (TPSA) is 49.4 Å². The van der Waals surface area contributed by atoms with Gasteiger partial charge in [0.15, 0.2) is 0 Å². The minimum absolute atomic E-state index is 0.157. The van der Waals surface area contributed by atoms with E-state index >= 15 is 0 Å². The molecule has 1 atom stereocenters. The van der Waals surface area contributed by atoms with Crippen molar-refractivity contribution in [1.82, 2.24) is 9.62 Å². The Labute approximate surface area is 106 Å². The summed E-state index contributed by atoms with van der Waals surface area (Å²) in [5.41, 5.74) is 0. The highest BCUT2D eigenvalue weighted by atomic mass is 32.2. The van der Waals surface area contributed by atoms with Crippen LogP contribution >= 0.6 is 0 Å². The largest absolute Gasteiger partial charge is 0.313 e. The average molecular weight is 262 g/mol. The van der Waals surface area contributed by atoms with E-state index in [1.807, 2.05) is 6.92 Å². The van der Waals surface area contributed by atoms with Gasteiger partial charge in [0.25, 0.3) is 0 Å². The number of piperidine rings is 1. The first-order valence-electron chi connectivity index (χ1n) is 6.81. The summed E-state index contributed by atoms with van der Waals surface area (Å²) < 4.78 is 26.1. The maximum Gasteiger partial charge on any atom is 0.215 e. The Morgan fingerprint density at radius 3 is 2.59 bits per heavy atom. The van der Waals surface area contributed by atoms with Gasteiger partial charge in [0.05, 0.1) is 5.75 Å². The van der Waals surface area contributed by atoms with Crippen molar-refractivity contribution < 1.29 is 8.42 Å². The Morgan fingerprint density at radius 2 is 2.06 bits per heavy atom. The standard InChI is InChI=1S/C12H26N2O2S/c1-3-5-10-14(4-2)17(15,16)11-12-8-6-7-9-13-12/h12-13H,3-11H2,1-2H3. The molecule has 1 saturated heterocycles.